The summed E-state index contributed by atoms with van der Waals surface area (Å²) < 4.78 is 13.2. The standard InChI is InChI=1S/C26H24N6O3/c1-17-23(25(33)28-20-13-7-9-15-22(20)34-2)24(32-26(27-17)29-30-31-32)19-12-6-8-14-21(19)35-16-18-10-4-3-5-11-18/h3-15,24H,16H2,1-2H3,(H,28,33)(H,27,29,31)/t24-/m0/s1. The third-order valence-electron chi connectivity index (χ3n) is 5.76. The fourth-order valence-electron chi connectivity index (χ4n) is 4.10. The second-order valence-electron chi connectivity index (χ2n) is 7.98. The maximum Gasteiger partial charge on any atom is 0.255 e. The Labute approximate surface area is 202 Å². The maximum atomic E-state index is 13.7. The van der Waals surface area contributed by atoms with Gasteiger partial charge in [-0.3, -0.25) is 4.79 Å². The van der Waals surface area contributed by atoms with Crippen LogP contribution in [0.15, 0.2) is 90.1 Å². The number of allylic oxidation sites excluding steroid dienone is 1. The van der Waals surface area contributed by atoms with Gasteiger partial charge in [-0.05, 0) is 41.1 Å². The zero-order valence-electron chi connectivity index (χ0n) is 19.3. The SMILES string of the molecule is COc1ccccc1NC(=O)C1=C(C)Nc2nnnn2[C@H]1c1ccccc1OCc1ccccc1. The Morgan fingerprint density at radius 1 is 1.00 bits per heavy atom. The minimum absolute atomic E-state index is 0.302. The lowest BCUT2D eigenvalue weighted by Gasteiger charge is -2.29. The average Bonchev–Trinajstić information content (AvgIpc) is 3.36. The van der Waals surface area contributed by atoms with Gasteiger partial charge >= 0.3 is 0 Å². The quantitative estimate of drug-likeness (QED) is 0.419. The van der Waals surface area contributed by atoms with Crippen molar-refractivity contribution >= 4 is 17.5 Å². The van der Waals surface area contributed by atoms with Crippen LogP contribution >= 0.6 is 0 Å². The van der Waals surface area contributed by atoms with Gasteiger partial charge in [0, 0.05) is 11.3 Å². The number of nitrogens with zero attached hydrogens (tertiary/aromatic N) is 4. The molecule has 1 atom stereocenters. The topological polar surface area (TPSA) is 103 Å². The Hall–Kier alpha value is -4.66. The first-order valence-electron chi connectivity index (χ1n) is 11.1. The molecule has 0 aliphatic carbocycles. The summed E-state index contributed by atoms with van der Waals surface area (Å²) in [6.45, 7) is 2.21. The Kier molecular flexibility index (Phi) is 6.13. The van der Waals surface area contributed by atoms with E-state index in [0.29, 0.717) is 41.0 Å². The number of para-hydroxylation sites is 3. The number of carbonyl (C=O) groups excluding carboxylic acids is 1. The highest BCUT2D eigenvalue weighted by Gasteiger charge is 2.36. The van der Waals surface area contributed by atoms with Crippen molar-refractivity contribution in [3.63, 3.8) is 0 Å². The summed E-state index contributed by atoms with van der Waals surface area (Å²) in [4.78, 5) is 13.7. The zero-order chi connectivity index (χ0) is 24.2. The third-order valence-corrected chi connectivity index (χ3v) is 5.76. The molecule has 1 aromatic heterocycles. The molecule has 0 unspecified atom stereocenters. The van der Waals surface area contributed by atoms with Crippen molar-refractivity contribution < 1.29 is 14.3 Å². The van der Waals surface area contributed by atoms with E-state index < -0.39 is 6.04 Å². The summed E-state index contributed by atoms with van der Waals surface area (Å²) in [7, 11) is 1.56. The van der Waals surface area contributed by atoms with Crippen molar-refractivity contribution in [3.8, 4) is 11.5 Å². The molecule has 1 aliphatic heterocycles. The Bertz CT molecular complexity index is 1380. The van der Waals surface area contributed by atoms with Crippen LogP contribution in [-0.2, 0) is 11.4 Å². The van der Waals surface area contributed by atoms with Crippen molar-refractivity contribution in [1.82, 2.24) is 20.2 Å². The van der Waals surface area contributed by atoms with Crippen LogP contribution in [-0.4, -0.2) is 33.2 Å². The highest BCUT2D eigenvalue weighted by atomic mass is 16.5. The fourth-order valence-corrected chi connectivity index (χ4v) is 4.10. The summed E-state index contributed by atoms with van der Waals surface area (Å²) in [6, 6.07) is 24.2. The fraction of sp³-hybridized carbons (Fsp3) is 0.154. The van der Waals surface area contributed by atoms with Crippen LogP contribution in [0, 0.1) is 0 Å². The second-order valence-corrected chi connectivity index (χ2v) is 7.98. The van der Waals surface area contributed by atoms with Crippen LogP contribution < -0.4 is 20.1 Å². The van der Waals surface area contributed by atoms with Crippen LogP contribution in [0.25, 0.3) is 0 Å². The van der Waals surface area contributed by atoms with Gasteiger partial charge in [0.2, 0.25) is 5.95 Å². The van der Waals surface area contributed by atoms with Gasteiger partial charge in [0.25, 0.3) is 5.91 Å². The lowest BCUT2D eigenvalue weighted by atomic mass is 9.94. The van der Waals surface area contributed by atoms with Crippen LogP contribution in [0.5, 0.6) is 11.5 Å². The predicted molar refractivity (Wildman–Crippen MR) is 131 cm³/mol. The van der Waals surface area contributed by atoms with Crippen molar-refractivity contribution in [2.75, 3.05) is 17.7 Å². The molecule has 9 heteroatoms. The number of hydrogen-bond acceptors (Lipinski definition) is 7. The van der Waals surface area contributed by atoms with E-state index in [1.54, 1.807) is 23.9 Å². The number of ether oxygens (including phenoxy) is 2. The molecule has 35 heavy (non-hydrogen) atoms. The summed E-state index contributed by atoms with van der Waals surface area (Å²) in [5.41, 5.74) is 3.48. The summed E-state index contributed by atoms with van der Waals surface area (Å²) in [6.07, 6.45) is 0. The molecule has 0 saturated carbocycles. The third kappa shape index (κ3) is 4.43. The van der Waals surface area contributed by atoms with Gasteiger partial charge < -0.3 is 20.1 Å². The van der Waals surface area contributed by atoms with E-state index in [1.807, 2.05) is 73.7 Å². The number of hydrogen-bond donors (Lipinski definition) is 2. The van der Waals surface area contributed by atoms with Crippen LogP contribution in [0.1, 0.15) is 24.1 Å². The molecule has 2 N–H and O–H groups in total. The van der Waals surface area contributed by atoms with E-state index >= 15 is 0 Å². The number of benzene rings is 3. The molecule has 2 heterocycles. The molecule has 0 bridgehead atoms. The lowest BCUT2D eigenvalue weighted by Crippen LogP contribution is -2.32. The van der Waals surface area contributed by atoms with Crippen LogP contribution in [0.3, 0.4) is 0 Å². The van der Waals surface area contributed by atoms with Crippen molar-refractivity contribution in [1.29, 1.82) is 0 Å². The van der Waals surface area contributed by atoms with Gasteiger partial charge in [-0.25, -0.2) is 0 Å². The zero-order valence-corrected chi connectivity index (χ0v) is 19.3. The van der Waals surface area contributed by atoms with Gasteiger partial charge in [0.1, 0.15) is 24.1 Å². The number of carbonyl (C=O) groups is 1. The van der Waals surface area contributed by atoms with Gasteiger partial charge in [-0.15, -0.1) is 0 Å². The normalized spacial score (nSPS) is 14.6. The highest BCUT2D eigenvalue weighted by Crippen LogP contribution is 2.39. The smallest absolute Gasteiger partial charge is 0.255 e. The van der Waals surface area contributed by atoms with Gasteiger partial charge in [-0.1, -0.05) is 65.8 Å². The molecular formula is C26H24N6O3. The Morgan fingerprint density at radius 2 is 1.71 bits per heavy atom. The molecule has 1 amide bonds. The molecular weight excluding hydrogens is 444 g/mol. The van der Waals surface area contributed by atoms with Crippen molar-refractivity contribution in [2.24, 2.45) is 0 Å². The molecule has 0 saturated heterocycles. The molecule has 5 rings (SSSR count). The number of methoxy groups -OCH3 is 1. The number of aromatic nitrogens is 4. The molecule has 9 nitrogen and oxygen atoms in total. The van der Waals surface area contributed by atoms with E-state index in [2.05, 4.69) is 26.2 Å². The molecule has 4 aromatic rings. The van der Waals surface area contributed by atoms with E-state index in [1.165, 1.54) is 0 Å². The van der Waals surface area contributed by atoms with E-state index in [9.17, 15) is 4.79 Å². The molecule has 3 aromatic carbocycles. The average molecular weight is 469 g/mol. The highest BCUT2D eigenvalue weighted by molar-refractivity contribution is 6.06. The van der Waals surface area contributed by atoms with E-state index in [0.717, 1.165) is 11.1 Å². The molecule has 0 radical (unpaired) electrons. The van der Waals surface area contributed by atoms with Gasteiger partial charge in [0.05, 0.1) is 18.4 Å². The minimum atomic E-state index is -0.608. The van der Waals surface area contributed by atoms with E-state index in [-0.39, 0.29) is 5.91 Å². The number of rotatable bonds is 7. The molecule has 176 valence electrons. The number of fused-ring (bicyclic) bond motifs is 1. The number of nitrogens with one attached hydrogen (secondary N) is 2. The first-order chi connectivity index (χ1) is 17.2. The molecule has 0 fully saturated rings. The van der Waals surface area contributed by atoms with Gasteiger partial charge in [0.15, 0.2) is 0 Å². The summed E-state index contributed by atoms with van der Waals surface area (Å²) in [5.74, 6) is 1.34. The van der Waals surface area contributed by atoms with E-state index in [4.69, 9.17) is 9.47 Å². The van der Waals surface area contributed by atoms with Crippen LogP contribution in [0.4, 0.5) is 11.6 Å². The Morgan fingerprint density at radius 3 is 2.51 bits per heavy atom. The lowest BCUT2D eigenvalue weighted by molar-refractivity contribution is -0.113. The van der Waals surface area contributed by atoms with Crippen LogP contribution in [0.2, 0.25) is 0 Å². The largest absolute Gasteiger partial charge is 0.495 e. The summed E-state index contributed by atoms with van der Waals surface area (Å²) >= 11 is 0. The molecule has 1 aliphatic rings. The van der Waals surface area contributed by atoms with Crippen molar-refractivity contribution in [2.45, 2.75) is 19.6 Å². The second kappa shape index (κ2) is 9.68. The predicted octanol–water partition coefficient (Wildman–Crippen LogP) is 4.19. The van der Waals surface area contributed by atoms with Crippen molar-refractivity contribution in [3.05, 3.63) is 101 Å². The maximum absolute atomic E-state index is 13.7. The molecule has 0 spiro atoms. The van der Waals surface area contributed by atoms with Gasteiger partial charge in [-0.2, -0.15) is 4.68 Å². The Balaban J connectivity index is 1.53. The minimum Gasteiger partial charge on any atom is -0.495 e. The first-order valence-corrected chi connectivity index (χ1v) is 11.1. The number of anilines is 2. The summed E-state index contributed by atoms with van der Waals surface area (Å²) in [5, 5.41) is 18.2. The monoisotopic (exact) mass is 468 g/mol. The first kappa shape index (κ1) is 22.1. The number of amides is 1. The number of tetrazole rings is 1.